The highest BCUT2D eigenvalue weighted by Gasteiger charge is 2.29. The third-order valence-electron chi connectivity index (χ3n) is 2.89. The predicted molar refractivity (Wildman–Crippen MR) is 80.4 cm³/mol. The molecule has 0 spiro atoms. The minimum atomic E-state index is -3.81. The topological polar surface area (TPSA) is 83.5 Å². The molecule has 0 aliphatic rings. The summed E-state index contributed by atoms with van der Waals surface area (Å²) in [5.74, 6) is -1.44. The van der Waals surface area contributed by atoms with Gasteiger partial charge in [-0.05, 0) is 52.8 Å². The minimum absolute atomic E-state index is 0.0717. The number of halogens is 1. The number of aliphatic carboxylic acids is 1. The van der Waals surface area contributed by atoms with Crippen LogP contribution in [0.1, 0.15) is 20.3 Å². The van der Waals surface area contributed by atoms with Crippen molar-refractivity contribution >= 4 is 38.6 Å². The van der Waals surface area contributed by atoms with Crippen LogP contribution in [-0.2, 0) is 14.8 Å². The van der Waals surface area contributed by atoms with Gasteiger partial charge in [-0.25, -0.2) is 8.42 Å². The lowest BCUT2D eigenvalue weighted by atomic mass is 10.0. The molecule has 0 heterocycles. The summed E-state index contributed by atoms with van der Waals surface area (Å²) in [7, 11) is -3.81. The Hall–Kier alpha value is -0.670. The van der Waals surface area contributed by atoms with Crippen LogP contribution in [0.15, 0.2) is 29.2 Å². The number of carbonyl (C=O) groups is 1. The summed E-state index contributed by atoms with van der Waals surface area (Å²) >= 11 is 2.07. The Balaban J connectivity index is 3.00. The first-order chi connectivity index (χ1) is 8.77. The molecular weight excluding hydrogens is 381 g/mol. The van der Waals surface area contributed by atoms with Crippen LogP contribution in [-0.4, -0.2) is 25.5 Å². The maximum Gasteiger partial charge on any atom is 0.322 e. The van der Waals surface area contributed by atoms with E-state index >= 15 is 0 Å². The van der Waals surface area contributed by atoms with E-state index in [9.17, 15) is 13.2 Å². The van der Waals surface area contributed by atoms with Crippen molar-refractivity contribution in [2.45, 2.75) is 31.2 Å². The highest BCUT2D eigenvalue weighted by atomic mass is 127. The molecule has 1 aromatic carbocycles. The van der Waals surface area contributed by atoms with Crippen molar-refractivity contribution in [2.75, 3.05) is 0 Å². The van der Waals surface area contributed by atoms with Crippen molar-refractivity contribution in [3.05, 3.63) is 27.8 Å². The number of sulfonamides is 1. The van der Waals surface area contributed by atoms with E-state index in [2.05, 4.69) is 27.3 Å². The van der Waals surface area contributed by atoms with E-state index < -0.39 is 22.0 Å². The van der Waals surface area contributed by atoms with Gasteiger partial charge in [0.25, 0.3) is 0 Å². The van der Waals surface area contributed by atoms with Gasteiger partial charge in [0.15, 0.2) is 0 Å². The van der Waals surface area contributed by atoms with E-state index in [1.165, 1.54) is 12.1 Å². The molecule has 19 heavy (non-hydrogen) atoms. The van der Waals surface area contributed by atoms with Crippen LogP contribution < -0.4 is 4.72 Å². The molecule has 0 aliphatic carbocycles. The number of nitrogens with one attached hydrogen (secondary N) is 1. The summed E-state index contributed by atoms with van der Waals surface area (Å²) in [6.07, 6.45) is 0.576. The maximum absolute atomic E-state index is 12.1. The van der Waals surface area contributed by atoms with E-state index in [0.717, 1.165) is 3.57 Å². The second-order valence-electron chi connectivity index (χ2n) is 4.28. The van der Waals surface area contributed by atoms with Crippen LogP contribution in [0.4, 0.5) is 0 Å². The Bertz CT molecular complexity index is 541. The van der Waals surface area contributed by atoms with E-state index in [4.69, 9.17) is 5.11 Å². The molecule has 1 aromatic rings. The molecule has 1 rings (SSSR count). The Morgan fingerprint density at radius 3 is 2.32 bits per heavy atom. The first-order valence-electron chi connectivity index (χ1n) is 5.78. The van der Waals surface area contributed by atoms with Gasteiger partial charge in [0.05, 0.1) is 4.90 Å². The Labute approximate surface area is 126 Å². The lowest BCUT2D eigenvalue weighted by Crippen LogP contribution is -2.44. The van der Waals surface area contributed by atoms with Gasteiger partial charge in [-0.2, -0.15) is 4.72 Å². The summed E-state index contributed by atoms with van der Waals surface area (Å²) in [6, 6.07) is 5.12. The fourth-order valence-corrected chi connectivity index (χ4v) is 3.15. The number of carboxylic acid groups (broad SMARTS) is 1. The largest absolute Gasteiger partial charge is 0.480 e. The first kappa shape index (κ1) is 16.4. The van der Waals surface area contributed by atoms with Crippen LogP contribution in [0.25, 0.3) is 0 Å². The van der Waals surface area contributed by atoms with Crippen LogP contribution >= 0.6 is 22.6 Å². The molecule has 0 saturated heterocycles. The van der Waals surface area contributed by atoms with Crippen molar-refractivity contribution in [1.82, 2.24) is 4.72 Å². The number of carboxylic acids is 1. The first-order valence-corrected chi connectivity index (χ1v) is 8.34. The monoisotopic (exact) mass is 397 g/mol. The molecule has 0 fully saturated rings. The molecule has 5 nitrogen and oxygen atoms in total. The number of hydrogen-bond donors (Lipinski definition) is 2. The average molecular weight is 397 g/mol. The van der Waals surface area contributed by atoms with Gasteiger partial charge in [-0.1, -0.05) is 20.3 Å². The Morgan fingerprint density at radius 1 is 1.37 bits per heavy atom. The second-order valence-corrected chi connectivity index (χ2v) is 7.24. The van der Waals surface area contributed by atoms with Gasteiger partial charge in [0.2, 0.25) is 10.0 Å². The lowest BCUT2D eigenvalue weighted by Gasteiger charge is -2.20. The third kappa shape index (κ3) is 4.43. The van der Waals surface area contributed by atoms with Crippen molar-refractivity contribution in [3.63, 3.8) is 0 Å². The zero-order chi connectivity index (χ0) is 14.6. The van der Waals surface area contributed by atoms with E-state index in [-0.39, 0.29) is 10.8 Å². The zero-order valence-electron chi connectivity index (χ0n) is 10.6. The van der Waals surface area contributed by atoms with Crippen molar-refractivity contribution in [1.29, 1.82) is 0 Å². The van der Waals surface area contributed by atoms with Gasteiger partial charge in [0, 0.05) is 3.57 Å². The van der Waals surface area contributed by atoms with E-state index in [1.807, 2.05) is 6.92 Å². The molecule has 0 aromatic heterocycles. The van der Waals surface area contributed by atoms with Crippen LogP contribution in [0.3, 0.4) is 0 Å². The standard InChI is InChI=1S/C12H16INO4S/c1-3-8(2)11(12(15)16)14-19(17,18)10-6-4-9(13)5-7-10/h4-8,11,14H,3H2,1-2H3,(H,15,16). The highest BCUT2D eigenvalue weighted by Crippen LogP contribution is 2.15. The molecule has 2 N–H and O–H groups in total. The van der Waals surface area contributed by atoms with Gasteiger partial charge < -0.3 is 5.11 Å². The average Bonchev–Trinajstić information content (AvgIpc) is 2.35. The minimum Gasteiger partial charge on any atom is -0.480 e. The molecular formula is C12H16INO4S. The van der Waals surface area contributed by atoms with Crippen molar-refractivity contribution < 1.29 is 18.3 Å². The SMILES string of the molecule is CCC(C)C(NS(=O)(=O)c1ccc(I)cc1)C(=O)O. The summed E-state index contributed by atoms with van der Waals surface area (Å²) in [6.45, 7) is 3.52. The normalized spacial score (nSPS) is 14.9. The zero-order valence-corrected chi connectivity index (χ0v) is 13.6. The molecule has 2 atom stereocenters. The second kappa shape index (κ2) is 6.67. The molecule has 2 unspecified atom stereocenters. The van der Waals surface area contributed by atoms with Gasteiger partial charge in [-0.3, -0.25) is 4.79 Å². The fourth-order valence-electron chi connectivity index (χ4n) is 1.49. The van der Waals surface area contributed by atoms with Crippen molar-refractivity contribution in [3.8, 4) is 0 Å². The molecule has 0 saturated carbocycles. The quantitative estimate of drug-likeness (QED) is 0.720. The van der Waals surface area contributed by atoms with Crippen LogP contribution in [0, 0.1) is 9.49 Å². The summed E-state index contributed by atoms with van der Waals surface area (Å²) in [5.41, 5.74) is 0. The number of rotatable bonds is 6. The van der Waals surface area contributed by atoms with E-state index in [1.54, 1.807) is 19.1 Å². The molecule has 7 heteroatoms. The lowest BCUT2D eigenvalue weighted by molar-refractivity contribution is -0.140. The summed E-state index contributed by atoms with van der Waals surface area (Å²) in [4.78, 5) is 11.2. The Kier molecular flexibility index (Phi) is 5.75. The van der Waals surface area contributed by atoms with Crippen LogP contribution in [0.2, 0.25) is 0 Å². The smallest absolute Gasteiger partial charge is 0.322 e. The predicted octanol–water partition coefficient (Wildman–Crippen LogP) is 2.07. The Morgan fingerprint density at radius 2 is 1.89 bits per heavy atom. The fraction of sp³-hybridized carbons (Fsp3) is 0.417. The maximum atomic E-state index is 12.1. The van der Waals surface area contributed by atoms with Crippen molar-refractivity contribution in [2.24, 2.45) is 5.92 Å². The summed E-state index contributed by atoms with van der Waals surface area (Å²) in [5, 5.41) is 9.10. The van der Waals surface area contributed by atoms with Gasteiger partial charge in [0.1, 0.15) is 6.04 Å². The molecule has 0 amide bonds. The summed E-state index contributed by atoms with van der Waals surface area (Å²) < 4.78 is 27.4. The number of hydrogen-bond acceptors (Lipinski definition) is 3. The molecule has 106 valence electrons. The van der Waals surface area contributed by atoms with Crippen LogP contribution in [0.5, 0.6) is 0 Å². The van der Waals surface area contributed by atoms with Gasteiger partial charge >= 0.3 is 5.97 Å². The molecule has 0 aliphatic heterocycles. The molecule has 0 radical (unpaired) electrons. The molecule has 0 bridgehead atoms. The number of benzene rings is 1. The van der Waals surface area contributed by atoms with E-state index in [0.29, 0.717) is 6.42 Å². The highest BCUT2D eigenvalue weighted by molar-refractivity contribution is 14.1. The third-order valence-corrected chi connectivity index (χ3v) is 5.06. The van der Waals surface area contributed by atoms with Gasteiger partial charge in [-0.15, -0.1) is 0 Å².